The highest BCUT2D eigenvalue weighted by atomic mass is 16.5. The first-order valence-corrected chi connectivity index (χ1v) is 7.87. The summed E-state index contributed by atoms with van der Waals surface area (Å²) in [6.45, 7) is 2.28. The van der Waals surface area contributed by atoms with Crippen LogP contribution in [0, 0.1) is 11.8 Å². The Kier molecular flexibility index (Phi) is 4.44. The van der Waals surface area contributed by atoms with Gasteiger partial charge in [-0.15, -0.1) is 0 Å². The molecule has 1 aromatic carbocycles. The molecule has 1 aromatic rings. The highest BCUT2D eigenvalue weighted by molar-refractivity contribution is 5.78. The van der Waals surface area contributed by atoms with Crippen molar-refractivity contribution in [2.24, 2.45) is 11.8 Å². The summed E-state index contributed by atoms with van der Waals surface area (Å²) < 4.78 is 5.13. The van der Waals surface area contributed by atoms with Gasteiger partial charge in [0.15, 0.2) is 0 Å². The second kappa shape index (κ2) is 6.48. The second-order valence-corrected chi connectivity index (χ2v) is 6.28. The molecule has 0 bridgehead atoms. The Hall–Kier alpha value is -1.55. The molecule has 4 nitrogen and oxygen atoms in total. The van der Waals surface area contributed by atoms with Crippen molar-refractivity contribution in [2.45, 2.75) is 31.7 Å². The zero-order valence-corrected chi connectivity index (χ0v) is 12.6. The summed E-state index contributed by atoms with van der Waals surface area (Å²) in [6.07, 6.45) is 3.95. The van der Waals surface area contributed by atoms with Crippen LogP contribution in [0.3, 0.4) is 0 Å². The van der Waals surface area contributed by atoms with Gasteiger partial charge in [-0.1, -0.05) is 12.1 Å². The SMILES string of the molecule is COc1ccc(CC(=O)NC2CC[C@H]3CNC[C@H]3C2)cc1. The molecule has 21 heavy (non-hydrogen) atoms. The van der Waals surface area contributed by atoms with Crippen LogP contribution in [-0.4, -0.2) is 32.1 Å². The zero-order chi connectivity index (χ0) is 14.7. The minimum absolute atomic E-state index is 0.134. The van der Waals surface area contributed by atoms with Crippen LogP contribution < -0.4 is 15.4 Å². The first-order chi connectivity index (χ1) is 10.2. The number of ether oxygens (including phenoxy) is 1. The van der Waals surface area contributed by atoms with Crippen LogP contribution in [0.25, 0.3) is 0 Å². The predicted molar refractivity (Wildman–Crippen MR) is 82.3 cm³/mol. The number of methoxy groups -OCH3 is 1. The van der Waals surface area contributed by atoms with E-state index in [2.05, 4.69) is 10.6 Å². The highest BCUT2D eigenvalue weighted by Gasteiger charge is 2.34. The summed E-state index contributed by atoms with van der Waals surface area (Å²) in [5.41, 5.74) is 1.03. The molecule has 0 spiro atoms. The molecule has 1 saturated carbocycles. The fraction of sp³-hybridized carbons (Fsp3) is 0.588. The van der Waals surface area contributed by atoms with Crippen molar-refractivity contribution in [3.05, 3.63) is 29.8 Å². The average Bonchev–Trinajstić information content (AvgIpc) is 2.95. The van der Waals surface area contributed by atoms with Crippen molar-refractivity contribution < 1.29 is 9.53 Å². The van der Waals surface area contributed by atoms with Gasteiger partial charge >= 0.3 is 0 Å². The Balaban J connectivity index is 1.49. The van der Waals surface area contributed by atoms with Crippen LogP contribution >= 0.6 is 0 Å². The lowest BCUT2D eigenvalue weighted by molar-refractivity contribution is -0.121. The standard InChI is InChI=1S/C17H24N2O2/c1-21-16-6-2-12(3-7-16)8-17(20)19-15-5-4-13-10-18-11-14(13)9-15/h2-3,6-7,13-15,18H,4-5,8-11H2,1H3,(H,19,20)/t13-,14+,15?/m0/s1. The lowest BCUT2D eigenvalue weighted by atomic mass is 9.79. The van der Waals surface area contributed by atoms with E-state index in [9.17, 15) is 4.79 Å². The maximum atomic E-state index is 12.2. The second-order valence-electron chi connectivity index (χ2n) is 6.28. The fourth-order valence-electron chi connectivity index (χ4n) is 3.64. The van der Waals surface area contributed by atoms with Crippen LogP contribution in [0.5, 0.6) is 5.75 Å². The summed E-state index contributed by atoms with van der Waals surface area (Å²) >= 11 is 0. The van der Waals surface area contributed by atoms with E-state index < -0.39 is 0 Å². The number of carbonyl (C=O) groups excluding carboxylic acids is 1. The molecule has 1 amide bonds. The van der Waals surface area contributed by atoms with Crippen molar-refractivity contribution in [2.75, 3.05) is 20.2 Å². The molecule has 3 atom stereocenters. The van der Waals surface area contributed by atoms with Crippen LogP contribution in [0.1, 0.15) is 24.8 Å². The summed E-state index contributed by atoms with van der Waals surface area (Å²) in [4.78, 5) is 12.2. The van der Waals surface area contributed by atoms with Crippen LogP contribution in [0.4, 0.5) is 0 Å². The van der Waals surface area contributed by atoms with Gasteiger partial charge in [0.05, 0.1) is 13.5 Å². The molecule has 4 heteroatoms. The quantitative estimate of drug-likeness (QED) is 0.887. The average molecular weight is 288 g/mol. The Morgan fingerprint density at radius 3 is 2.76 bits per heavy atom. The van der Waals surface area contributed by atoms with E-state index in [0.717, 1.165) is 49.1 Å². The van der Waals surface area contributed by atoms with E-state index in [4.69, 9.17) is 4.74 Å². The van der Waals surface area contributed by atoms with Gasteiger partial charge in [0.2, 0.25) is 5.91 Å². The summed E-state index contributed by atoms with van der Waals surface area (Å²) in [7, 11) is 1.65. The monoisotopic (exact) mass is 288 g/mol. The van der Waals surface area contributed by atoms with Crippen molar-refractivity contribution in [1.82, 2.24) is 10.6 Å². The molecular weight excluding hydrogens is 264 g/mol. The Bertz CT molecular complexity index is 486. The van der Waals surface area contributed by atoms with Crippen molar-refractivity contribution in [1.29, 1.82) is 0 Å². The predicted octanol–water partition coefficient (Wildman–Crippen LogP) is 1.74. The summed E-state index contributed by atoms with van der Waals surface area (Å²) in [5.74, 6) is 2.55. The van der Waals surface area contributed by atoms with Gasteiger partial charge in [-0.05, 0) is 61.9 Å². The molecule has 0 radical (unpaired) electrons. The van der Waals surface area contributed by atoms with Crippen molar-refractivity contribution >= 4 is 5.91 Å². The van der Waals surface area contributed by atoms with Gasteiger partial charge in [-0.2, -0.15) is 0 Å². The lowest BCUT2D eigenvalue weighted by Gasteiger charge is -2.31. The maximum absolute atomic E-state index is 12.2. The topological polar surface area (TPSA) is 50.4 Å². The molecule has 1 heterocycles. The number of hydrogen-bond donors (Lipinski definition) is 2. The maximum Gasteiger partial charge on any atom is 0.224 e. The third-order valence-electron chi connectivity index (χ3n) is 4.84. The largest absolute Gasteiger partial charge is 0.497 e. The number of fused-ring (bicyclic) bond motifs is 1. The number of carbonyl (C=O) groups is 1. The van der Waals surface area contributed by atoms with E-state index in [1.54, 1.807) is 7.11 Å². The Morgan fingerprint density at radius 2 is 2.00 bits per heavy atom. The zero-order valence-electron chi connectivity index (χ0n) is 12.6. The van der Waals surface area contributed by atoms with Crippen molar-refractivity contribution in [3.8, 4) is 5.75 Å². The van der Waals surface area contributed by atoms with E-state index >= 15 is 0 Å². The van der Waals surface area contributed by atoms with E-state index in [-0.39, 0.29) is 5.91 Å². The first kappa shape index (κ1) is 14.4. The number of benzene rings is 1. The minimum atomic E-state index is 0.134. The molecule has 2 fully saturated rings. The van der Waals surface area contributed by atoms with Gasteiger partial charge in [0.25, 0.3) is 0 Å². The third kappa shape index (κ3) is 3.56. The molecule has 2 N–H and O–H groups in total. The van der Waals surface area contributed by atoms with Crippen molar-refractivity contribution in [3.63, 3.8) is 0 Å². The van der Waals surface area contributed by atoms with Gasteiger partial charge in [0.1, 0.15) is 5.75 Å². The summed E-state index contributed by atoms with van der Waals surface area (Å²) in [5, 5.41) is 6.67. The fourth-order valence-corrected chi connectivity index (χ4v) is 3.64. The van der Waals surface area contributed by atoms with Gasteiger partial charge in [-0.3, -0.25) is 4.79 Å². The van der Waals surface area contributed by atoms with Gasteiger partial charge < -0.3 is 15.4 Å². The minimum Gasteiger partial charge on any atom is -0.497 e. The lowest BCUT2D eigenvalue weighted by Crippen LogP contribution is -2.41. The first-order valence-electron chi connectivity index (χ1n) is 7.87. The number of amides is 1. The Morgan fingerprint density at radius 1 is 1.24 bits per heavy atom. The number of nitrogens with one attached hydrogen (secondary N) is 2. The summed E-state index contributed by atoms with van der Waals surface area (Å²) in [6, 6.07) is 8.07. The third-order valence-corrected chi connectivity index (χ3v) is 4.84. The molecule has 3 rings (SSSR count). The molecule has 1 aliphatic carbocycles. The Labute approximate surface area is 126 Å². The molecule has 2 aliphatic rings. The van der Waals surface area contributed by atoms with E-state index in [1.807, 2.05) is 24.3 Å². The highest BCUT2D eigenvalue weighted by Crippen LogP contribution is 2.32. The van der Waals surface area contributed by atoms with Crippen LogP contribution in [-0.2, 0) is 11.2 Å². The van der Waals surface area contributed by atoms with Gasteiger partial charge in [-0.25, -0.2) is 0 Å². The molecule has 114 valence electrons. The molecule has 0 aromatic heterocycles. The van der Waals surface area contributed by atoms with Gasteiger partial charge in [0, 0.05) is 6.04 Å². The molecule has 1 unspecified atom stereocenters. The molecular formula is C17H24N2O2. The smallest absolute Gasteiger partial charge is 0.224 e. The molecule has 1 saturated heterocycles. The van der Waals surface area contributed by atoms with Crippen LogP contribution in [0.2, 0.25) is 0 Å². The normalized spacial score (nSPS) is 28.0. The van der Waals surface area contributed by atoms with E-state index in [1.165, 1.54) is 6.42 Å². The molecule has 1 aliphatic heterocycles. The van der Waals surface area contributed by atoms with Crippen LogP contribution in [0.15, 0.2) is 24.3 Å². The number of rotatable bonds is 4. The van der Waals surface area contributed by atoms with E-state index in [0.29, 0.717) is 12.5 Å². The number of hydrogen-bond acceptors (Lipinski definition) is 3.